The number of ether oxygens (including phenoxy) is 1. The second kappa shape index (κ2) is 8.99. The van der Waals surface area contributed by atoms with Crippen LogP contribution in [0.25, 0.3) is 10.9 Å². The Morgan fingerprint density at radius 1 is 1.25 bits per heavy atom. The number of nitro benzene ring substituents is 1. The molecule has 0 N–H and O–H groups in total. The number of rotatable bonds is 8. The smallest absolute Gasteiger partial charge is 0.269 e. The lowest BCUT2D eigenvalue weighted by Gasteiger charge is -2.16. The number of nitrogens with zero attached hydrogens (tertiary/aromatic N) is 3. The first-order chi connectivity index (χ1) is 13.5. The molecule has 0 aliphatic rings. The van der Waals surface area contributed by atoms with Crippen molar-refractivity contribution in [2.45, 2.75) is 30.3 Å². The van der Waals surface area contributed by atoms with E-state index in [1.165, 1.54) is 17.8 Å². The monoisotopic (exact) mass is 399 g/mol. The van der Waals surface area contributed by atoms with Crippen LogP contribution in [0, 0.1) is 10.1 Å². The number of fused-ring (bicyclic) bond motifs is 1. The van der Waals surface area contributed by atoms with Crippen molar-refractivity contribution in [3.05, 3.63) is 74.6 Å². The number of non-ortho nitro benzene ring substituents is 1. The molecule has 28 heavy (non-hydrogen) atoms. The summed E-state index contributed by atoms with van der Waals surface area (Å²) in [5.41, 5.74) is 1.42. The van der Waals surface area contributed by atoms with E-state index < -0.39 is 4.92 Å². The van der Waals surface area contributed by atoms with Crippen molar-refractivity contribution in [2.75, 3.05) is 13.7 Å². The number of hydrogen-bond donors (Lipinski definition) is 0. The summed E-state index contributed by atoms with van der Waals surface area (Å²) in [7, 11) is 1.63. The van der Waals surface area contributed by atoms with Crippen LogP contribution in [0.4, 0.5) is 5.69 Å². The molecule has 1 atom stereocenters. The van der Waals surface area contributed by atoms with Crippen LogP contribution in [0.2, 0.25) is 0 Å². The van der Waals surface area contributed by atoms with E-state index >= 15 is 0 Å². The Bertz CT molecular complexity index is 1050. The molecule has 0 saturated carbocycles. The molecule has 3 rings (SSSR count). The summed E-state index contributed by atoms with van der Waals surface area (Å²) in [4.78, 5) is 28.3. The predicted molar refractivity (Wildman–Crippen MR) is 110 cm³/mol. The lowest BCUT2D eigenvalue weighted by Crippen LogP contribution is -2.24. The largest absolute Gasteiger partial charge is 0.385 e. The highest BCUT2D eigenvalue weighted by atomic mass is 32.2. The third-order valence-corrected chi connectivity index (χ3v) is 5.54. The fourth-order valence-corrected chi connectivity index (χ4v) is 3.97. The summed E-state index contributed by atoms with van der Waals surface area (Å²) >= 11 is 1.42. The fraction of sp³-hybridized carbons (Fsp3) is 0.300. The number of aromatic nitrogens is 2. The molecule has 0 aliphatic heterocycles. The molecule has 146 valence electrons. The van der Waals surface area contributed by atoms with Crippen LogP contribution >= 0.6 is 11.8 Å². The summed E-state index contributed by atoms with van der Waals surface area (Å²) < 4.78 is 6.78. The van der Waals surface area contributed by atoms with Gasteiger partial charge in [-0.1, -0.05) is 36.0 Å². The van der Waals surface area contributed by atoms with E-state index in [0.29, 0.717) is 35.6 Å². The van der Waals surface area contributed by atoms with Gasteiger partial charge in [-0.2, -0.15) is 0 Å². The van der Waals surface area contributed by atoms with Crippen molar-refractivity contribution >= 4 is 28.4 Å². The van der Waals surface area contributed by atoms with Crippen LogP contribution in [-0.4, -0.2) is 28.2 Å². The zero-order valence-electron chi connectivity index (χ0n) is 15.7. The van der Waals surface area contributed by atoms with E-state index in [-0.39, 0.29) is 16.5 Å². The molecular weight excluding hydrogens is 378 g/mol. The number of benzene rings is 2. The van der Waals surface area contributed by atoms with Crippen molar-refractivity contribution in [2.24, 2.45) is 0 Å². The zero-order chi connectivity index (χ0) is 20.1. The van der Waals surface area contributed by atoms with E-state index in [9.17, 15) is 14.9 Å². The molecule has 1 heterocycles. The summed E-state index contributed by atoms with van der Waals surface area (Å²) in [5, 5.41) is 12.1. The zero-order valence-corrected chi connectivity index (χ0v) is 16.5. The summed E-state index contributed by atoms with van der Waals surface area (Å²) in [6.07, 6.45) is 0.690. The van der Waals surface area contributed by atoms with Crippen LogP contribution in [0.1, 0.15) is 24.2 Å². The molecule has 0 fully saturated rings. The summed E-state index contributed by atoms with van der Waals surface area (Å²) in [5.74, 6) is 0. The van der Waals surface area contributed by atoms with E-state index in [0.717, 1.165) is 5.56 Å². The molecule has 8 heteroatoms. The van der Waals surface area contributed by atoms with Gasteiger partial charge in [-0.3, -0.25) is 19.5 Å². The molecule has 3 aromatic rings. The molecule has 1 aromatic heterocycles. The van der Waals surface area contributed by atoms with Crippen molar-refractivity contribution in [3.8, 4) is 0 Å². The minimum Gasteiger partial charge on any atom is -0.385 e. The molecule has 2 aromatic carbocycles. The molecular formula is C20H21N3O4S. The normalized spacial score (nSPS) is 12.2. The SMILES string of the molecule is COCCCn1c(S[C@H](C)c2cccc([N+](=O)[O-])c2)nc2ccccc2c1=O. The lowest BCUT2D eigenvalue weighted by molar-refractivity contribution is -0.384. The van der Waals surface area contributed by atoms with Gasteiger partial charge >= 0.3 is 0 Å². The second-order valence-corrected chi connectivity index (χ2v) is 7.63. The first kappa shape index (κ1) is 20.0. The molecule has 0 amide bonds. The standard InChI is InChI=1S/C20H21N3O4S/c1-14(15-7-5-8-16(13-15)23(25)26)28-20-21-18-10-4-3-9-17(18)19(24)22(20)11-6-12-27-2/h3-5,7-10,13-14H,6,11-12H2,1-2H3/t14-/m1/s1. The van der Waals surface area contributed by atoms with Crippen molar-refractivity contribution < 1.29 is 9.66 Å². The van der Waals surface area contributed by atoms with Gasteiger partial charge in [-0.05, 0) is 31.0 Å². The van der Waals surface area contributed by atoms with E-state index in [2.05, 4.69) is 4.98 Å². The predicted octanol–water partition coefficient (Wildman–Crippen LogP) is 4.19. The number of hydrogen-bond acceptors (Lipinski definition) is 6. The molecule has 0 radical (unpaired) electrons. The molecule has 0 saturated heterocycles. The highest BCUT2D eigenvalue weighted by Gasteiger charge is 2.17. The van der Waals surface area contributed by atoms with Crippen molar-refractivity contribution in [3.63, 3.8) is 0 Å². The summed E-state index contributed by atoms with van der Waals surface area (Å²) in [6.45, 7) is 2.99. The number of methoxy groups -OCH3 is 1. The van der Waals surface area contributed by atoms with Crippen LogP contribution in [0.5, 0.6) is 0 Å². The number of nitro groups is 1. The number of para-hydroxylation sites is 1. The summed E-state index contributed by atoms with van der Waals surface area (Å²) in [6, 6.07) is 13.8. The van der Waals surface area contributed by atoms with Crippen LogP contribution in [0.15, 0.2) is 58.5 Å². The van der Waals surface area contributed by atoms with Gasteiger partial charge in [0, 0.05) is 37.6 Å². The average Bonchev–Trinajstić information content (AvgIpc) is 2.70. The third kappa shape index (κ3) is 4.40. The highest BCUT2D eigenvalue weighted by Crippen LogP contribution is 2.35. The maximum Gasteiger partial charge on any atom is 0.269 e. The average molecular weight is 399 g/mol. The van der Waals surface area contributed by atoms with Gasteiger partial charge in [0.05, 0.1) is 15.8 Å². The van der Waals surface area contributed by atoms with Gasteiger partial charge in [0.25, 0.3) is 11.2 Å². The van der Waals surface area contributed by atoms with E-state index in [1.807, 2.05) is 31.2 Å². The molecule has 0 bridgehead atoms. The van der Waals surface area contributed by atoms with E-state index in [4.69, 9.17) is 4.74 Å². The Morgan fingerprint density at radius 3 is 2.79 bits per heavy atom. The van der Waals surface area contributed by atoms with E-state index in [1.54, 1.807) is 29.9 Å². The maximum absolute atomic E-state index is 13.0. The van der Waals surface area contributed by atoms with Crippen LogP contribution in [0.3, 0.4) is 0 Å². The Hall–Kier alpha value is -2.71. The third-order valence-electron chi connectivity index (χ3n) is 4.39. The van der Waals surface area contributed by atoms with Gasteiger partial charge in [-0.25, -0.2) is 4.98 Å². The quantitative estimate of drug-likeness (QED) is 0.186. The highest BCUT2D eigenvalue weighted by molar-refractivity contribution is 7.99. The maximum atomic E-state index is 13.0. The van der Waals surface area contributed by atoms with Gasteiger partial charge in [0.2, 0.25) is 0 Å². The van der Waals surface area contributed by atoms with Gasteiger partial charge in [0.15, 0.2) is 5.16 Å². The molecule has 0 aliphatic carbocycles. The first-order valence-corrected chi connectivity index (χ1v) is 9.78. The van der Waals surface area contributed by atoms with Gasteiger partial charge < -0.3 is 4.74 Å². The minimum absolute atomic E-state index is 0.0499. The lowest BCUT2D eigenvalue weighted by atomic mass is 10.1. The second-order valence-electron chi connectivity index (χ2n) is 6.33. The molecule has 7 nitrogen and oxygen atoms in total. The first-order valence-electron chi connectivity index (χ1n) is 8.91. The Kier molecular flexibility index (Phi) is 6.43. The topological polar surface area (TPSA) is 87.3 Å². The molecule has 0 unspecified atom stereocenters. The Labute approximate surface area is 166 Å². The van der Waals surface area contributed by atoms with Crippen molar-refractivity contribution in [1.29, 1.82) is 0 Å². The minimum atomic E-state index is -0.407. The van der Waals surface area contributed by atoms with Gasteiger partial charge in [0.1, 0.15) is 0 Å². The fourth-order valence-electron chi connectivity index (χ4n) is 2.92. The van der Waals surface area contributed by atoms with Gasteiger partial charge in [-0.15, -0.1) is 0 Å². The Morgan fingerprint density at radius 2 is 2.04 bits per heavy atom. The molecule has 0 spiro atoms. The van der Waals surface area contributed by atoms with Crippen LogP contribution in [-0.2, 0) is 11.3 Å². The van der Waals surface area contributed by atoms with Crippen LogP contribution < -0.4 is 5.56 Å². The number of thioether (sulfide) groups is 1. The van der Waals surface area contributed by atoms with Crippen molar-refractivity contribution in [1.82, 2.24) is 9.55 Å². The Balaban J connectivity index is 1.98.